The molecule has 0 spiro atoms. The number of aliphatic hydroxyl groups excluding tert-OH is 1. The molecule has 23 heavy (non-hydrogen) atoms. The molecule has 1 amide bonds. The predicted octanol–water partition coefficient (Wildman–Crippen LogP) is 2.51. The Kier molecular flexibility index (Phi) is 3.95. The van der Waals surface area contributed by atoms with Crippen LogP contribution in [0, 0.1) is 5.41 Å². The number of hydrogen-bond donors (Lipinski definition) is 3. The number of guanidine groups is 1. The van der Waals surface area contributed by atoms with Gasteiger partial charge in [0.2, 0.25) is 5.91 Å². The topological polar surface area (TPSA) is 76.4 Å². The van der Waals surface area contributed by atoms with Gasteiger partial charge >= 0.3 is 0 Å². The Morgan fingerprint density at radius 1 is 1.39 bits per heavy atom. The van der Waals surface area contributed by atoms with Gasteiger partial charge in [0.05, 0.1) is 18.6 Å². The van der Waals surface area contributed by atoms with Gasteiger partial charge in [-0.1, -0.05) is 18.2 Å². The standard InChI is InChI=1S/C17H19N3O2S/c1-17(9-15(22)20(2)16(18)19-17)12-5-3-4-11(8-12)14-7-6-13(10-21)23-14/h3-8,21H,9-10H2,1-2H3,(H2,18,19)/t17-/m0/s1. The van der Waals surface area contributed by atoms with Crippen LogP contribution in [0.1, 0.15) is 23.8 Å². The minimum Gasteiger partial charge on any atom is -0.391 e. The van der Waals surface area contributed by atoms with Crippen molar-refractivity contribution in [1.82, 2.24) is 10.2 Å². The number of thiophene rings is 1. The first-order chi connectivity index (χ1) is 10.9. The second kappa shape index (κ2) is 5.79. The number of carbonyl (C=O) groups excluding carboxylic acids is 1. The summed E-state index contributed by atoms with van der Waals surface area (Å²) in [6.45, 7) is 1.99. The highest BCUT2D eigenvalue weighted by atomic mass is 32.1. The van der Waals surface area contributed by atoms with Gasteiger partial charge in [-0.2, -0.15) is 0 Å². The minimum absolute atomic E-state index is 0.0433. The molecule has 0 bridgehead atoms. The maximum atomic E-state index is 12.1. The SMILES string of the molecule is CN1C(=N)N[C@](C)(c2cccc(-c3ccc(CO)s3)c2)CC1=O. The quantitative estimate of drug-likeness (QED) is 0.810. The first kappa shape index (κ1) is 15.7. The molecule has 1 aliphatic rings. The summed E-state index contributed by atoms with van der Waals surface area (Å²) < 4.78 is 0. The summed E-state index contributed by atoms with van der Waals surface area (Å²) in [7, 11) is 1.61. The molecular weight excluding hydrogens is 310 g/mol. The van der Waals surface area contributed by atoms with Crippen molar-refractivity contribution in [2.75, 3.05) is 7.05 Å². The highest BCUT2D eigenvalue weighted by Crippen LogP contribution is 2.34. The van der Waals surface area contributed by atoms with E-state index in [4.69, 9.17) is 5.41 Å². The summed E-state index contributed by atoms with van der Waals surface area (Å²) in [5.41, 5.74) is 1.43. The molecule has 120 valence electrons. The molecule has 1 atom stereocenters. The maximum Gasteiger partial charge on any atom is 0.231 e. The minimum atomic E-state index is -0.590. The normalized spacial score (nSPS) is 21.4. The van der Waals surface area contributed by atoms with Crippen molar-refractivity contribution < 1.29 is 9.90 Å². The Labute approximate surface area is 139 Å². The number of hydrogen-bond acceptors (Lipinski definition) is 4. The van der Waals surface area contributed by atoms with Gasteiger partial charge in [-0.15, -0.1) is 11.3 Å². The van der Waals surface area contributed by atoms with Crippen LogP contribution in [0.15, 0.2) is 36.4 Å². The lowest BCUT2D eigenvalue weighted by Crippen LogP contribution is -2.58. The molecule has 2 aromatic rings. The van der Waals surface area contributed by atoms with E-state index in [1.54, 1.807) is 18.4 Å². The maximum absolute atomic E-state index is 12.1. The summed E-state index contributed by atoms with van der Waals surface area (Å²) in [6.07, 6.45) is 0.307. The molecule has 0 aliphatic carbocycles. The lowest BCUT2D eigenvalue weighted by Gasteiger charge is -2.39. The second-order valence-corrected chi connectivity index (χ2v) is 7.11. The molecule has 1 aromatic carbocycles. The van der Waals surface area contributed by atoms with Crippen LogP contribution in [-0.2, 0) is 16.9 Å². The van der Waals surface area contributed by atoms with Crippen molar-refractivity contribution >= 4 is 23.2 Å². The van der Waals surface area contributed by atoms with Gasteiger partial charge < -0.3 is 10.4 Å². The molecule has 0 radical (unpaired) electrons. The lowest BCUT2D eigenvalue weighted by molar-refractivity contribution is -0.129. The number of nitrogens with zero attached hydrogens (tertiary/aromatic N) is 1. The Balaban J connectivity index is 1.96. The van der Waals surface area contributed by atoms with Gasteiger partial charge in [0.15, 0.2) is 5.96 Å². The number of benzene rings is 1. The molecule has 1 aromatic heterocycles. The van der Waals surface area contributed by atoms with E-state index in [9.17, 15) is 9.90 Å². The average Bonchev–Trinajstić information content (AvgIpc) is 3.02. The summed E-state index contributed by atoms with van der Waals surface area (Å²) in [4.78, 5) is 15.4. The monoisotopic (exact) mass is 329 g/mol. The first-order valence-corrected chi connectivity index (χ1v) is 8.18. The fraction of sp³-hybridized carbons (Fsp3) is 0.294. The molecule has 3 N–H and O–H groups in total. The van der Waals surface area contributed by atoms with Crippen molar-refractivity contribution in [3.8, 4) is 10.4 Å². The van der Waals surface area contributed by atoms with Gasteiger partial charge in [-0.25, -0.2) is 0 Å². The van der Waals surface area contributed by atoms with E-state index < -0.39 is 5.54 Å². The Bertz CT molecular complexity index is 751. The molecule has 3 rings (SSSR count). The summed E-state index contributed by atoms with van der Waals surface area (Å²) >= 11 is 1.55. The molecule has 5 nitrogen and oxygen atoms in total. The zero-order chi connectivity index (χ0) is 16.6. The van der Waals surface area contributed by atoms with E-state index >= 15 is 0 Å². The molecule has 1 fully saturated rings. The van der Waals surface area contributed by atoms with E-state index in [0.29, 0.717) is 6.42 Å². The molecule has 0 saturated carbocycles. The number of amides is 1. The van der Waals surface area contributed by atoms with E-state index in [2.05, 4.69) is 5.32 Å². The van der Waals surface area contributed by atoms with Crippen LogP contribution in [0.25, 0.3) is 10.4 Å². The zero-order valence-corrected chi connectivity index (χ0v) is 13.9. The van der Waals surface area contributed by atoms with E-state index in [-0.39, 0.29) is 18.5 Å². The second-order valence-electron chi connectivity index (χ2n) is 5.94. The molecule has 1 saturated heterocycles. The van der Waals surface area contributed by atoms with E-state index in [1.807, 2.05) is 43.3 Å². The fourth-order valence-electron chi connectivity index (χ4n) is 2.74. The molecule has 0 unspecified atom stereocenters. The molecule has 2 heterocycles. The van der Waals surface area contributed by atoms with E-state index in [1.165, 1.54) is 4.90 Å². The van der Waals surface area contributed by atoms with Crippen LogP contribution in [0.4, 0.5) is 0 Å². The molecule has 1 aliphatic heterocycles. The van der Waals surface area contributed by atoms with E-state index in [0.717, 1.165) is 20.9 Å². The summed E-state index contributed by atoms with van der Waals surface area (Å²) in [5.74, 6) is 0.0492. The van der Waals surface area contributed by atoms with Crippen LogP contribution in [0.5, 0.6) is 0 Å². The average molecular weight is 329 g/mol. The smallest absolute Gasteiger partial charge is 0.231 e. The zero-order valence-electron chi connectivity index (χ0n) is 13.1. The fourth-order valence-corrected chi connectivity index (χ4v) is 3.61. The van der Waals surface area contributed by atoms with Crippen LogP contribution >= 0.6 is 11.3 Å². The molecular formula is C17H19N3O2S. The van der Waals surface area contributed by atoms with Crippen LogP contribution in [0.3, 0.4) is 0 Å². The van der Waals surface area contributed by atoms with Crippen molar-refractivity contribution in [3.05, 3.63) is 46.8 Å². The largest absolute Gasteiger partial charge is 0.391 e. The highest BCUT2D eigenvalue weighted by molar-refractivity contribution is 7.15. The van der Waals surface area contributed by atoms with Gasteiger partial charge in [0, 0.05) is 16.8 Å². The summed E-state index contributed by atoms with van der Waals surface area (Å²) in [5, 5.41) is 20.3. The number of nitrogens with one attached hydrogen (secondary N) is 2. The Morgan fingerprint density at radius 2 is 2.17 bits per heavy atom. The predicted molar refractivity (Wildman–Crippen MR) is 91.3 cm³/mol. The van der Waals surface area contributed by atoms with Gasteiger partial charge in [0.25, 0.3) is 0 Å². The van der Waals surface area contributed by atoms with Crippen molar-refractivity contribution in [2.45, 2.75) is 25.5 Å². The van der Waals surface area contributed by atoms with Crippen molar-refractivity contribution in [1.29, 1.82) is 5.41 Å². The lowest BCUT2D eigenvalue weighted by atomic mass is 9.85. The van der Waals surface area contributed by atoms with Crippen molar-refractivity contribution in [3.63, 3.8) is 0 Å². The third kappa shape index (κ3) is 2.87. The summed E-state index contributed by atoms with van der Waals surface area (Å²) in [6, 6.07) is 11.9. The Morgan fingerprint density at radius 3 is 2.83 bits per heavy atom. The van der Waals surface area contributed by atoms with Gasteiger partial charge in [-0.05, 0) is 36.2 Å². The first-order valence-electron chi connectivity index (χ1n) is 7.37. The third-order valence-electron chi connectivity index (χ3n) is 4.21. The number of carbonyl (C=O) groups is 1. The molecule has 6 heteroatoms. The van der Waals surface area contributed by atoms with Crippen LogP contribution in [0.2, 0.25) is 0 Å². The Hall–Kier alpha value is -2.18. The van der Waals surface area contributed by atoms with Gasteiger partial charge in [0.1, 0.15) is 0 Å². The van der Waals surface area contributed by atoms with Crippen LogP contribution < -0.4 is 5.32 Å². The third-order valence-corrected chi connectivity index (χ3v) is 5.33. The number of rotatable bonds is 3. The van der Waals surface area contributed by atoms with Crippen molar-refractivity contribution in [2.24, 2.45) is 0 Å². The van der Waals surface area contributed by atoms with Gasteiger partial charge in [-0.3, -0.25) is 15.1 Å². The number of aliphatic hydroxyl groups is 1. The highest BCUT2D eigenvalue weighted by Gasteiger charge is 2.37. The van der Waals surface area contributed by atoms with Crippen LogP contribution in [-0.4, -0.2) is 28.9 Å².